The molecular weight excluding hydrogens is 362 g/mol. The quantitative estimate of drug-likeness (QED) is 0.470. The second kappa shape index (κ2) is 8.02. The zero-order valence-corrected chi connectivity index (χ0v) is 16.1. The van der Waals surface area contributed by atoms with E-state index in [1.807, 2.05) is 60.0 Å². The van der Waals surface area contributed by atoms with Gasteiger partial charge in [0.25, 0.3) is 5.91 Å². The highest BCUT2D eigenvalue weighted by Gasteiger charge is 2.18. The molecule has 0 fully saturated rings. The van der Waals surface area contributed by atoms with Crippen LogP contribution in [-0.4, -0.2) is 21.9 Å². The number of carbonyl (C=O) groups excluding carboxylic acids is 1. The molecule has 5 nitrogen and oxygen atoms in total. The fraction of sp³-hybridized carbons (Fsp3) is 0.0833. The van der Waals surface area contributed by atoms with E-state index >= 15 is 0 Å². The molecule has 0 aliphatic carbocycles. The number of amides is 1. The average Bonchev–Trinajstić information content (AvgIpc) is 3.13. The van der Waals surface area contributed by atoms with E-state index in [1.165, 1.54) is 0 Å². The van der Waals surface area contributed by atoms with Crippen molar-refractivity contribution in [3.05, 3.63) is 96.7 Å². The summed E-state index contributed by atoms with van der Waals surface area (Å²) in [6.07, 6.45) is 3.59. The van der Waals surface area contributed by atoms with E-state index in [1.54, 1.807) is 30.3 Å². The molecule has 1 amide bonds. The summed E-state index contributed by atoms with van der Waals surface area (Å²) in [5.74, 6) is 1.13. The first-order valence-electron chi connectivity index (χ1n) is 9.35. The topological polar surface area (TPSA) is 55.6 Å². The lowest BCUT2D eigenvalue weighted by molar-refractivity contribution is 0.102. The number of imidazole rings is 1. The third-order valence-corrected chi connectivity index (χ3v) is 4.61. The molecule has 144 valence electrons. The van der Waals surface area contributed by atoms with Gasteiger partial charge in [0.15, 0.2) is 0 Å². The summed E-state index contributed by atoms with van der Waals surface area (Å²) in [6.45, 7) is 6.06. The van der Waals surface area contributed by atoms with Gasteiger partial charge in [0.2, 0.25) is 0 Å². The minimum Gasteiger partial charge on any atom is -0.490 e. The Morgan fingerprint density at radius 1 is 1.10 bits per heavy atom. The van der Waals surface area contributed by atoms with E-state index in [-0.39, 0.29) is 5.91 Å². The van der Waals surface area contributed by atoms with Gasteiger partial charge in [-0.3, -0.25) is 9.20 Å². The van der Waals surface area contributed by atoms with Gasteiger partial charge in [0, 0.05) is 17.3 Å². The van der Waals surface area contributed by atoms with Crippen LogP contribution in [0.4, 0.5) is 5.82 Å². The summed E-state index contributed by atoms with van der Waals surface area (Å²) in [4.78, 5) is 17.7. The lowest BCUT2D eigenvalue weighted by Gasteiger charge is -2.09. The lowest BCUT2D eigenvalue weighted by Crippen LogP contribution is -2.14. The highest BCUT2D eigenvalue weighted by atomic mass is 16.5. The standard InChI is InChI=1S/C24H21N3O2/c1-3-16-29-20-13-11-19(12-14-20)24(28)26-23-21(18-9-5-4-6-10-18)25-22-17(2)8-7-15-27(22)23/h3-15H,1,16H2,2H3,(H,26,28). The molecule has 4 rings (SSSR count). The maximum Gasteiger partial charge on any atom is 0.256 e. The number of nitrogens with zero attached hydrogens (tertiary/aromatic N) is 2. The SMILES string of the molecule is C=CCOc1ccc(C(=O)Nc2c(-c3ccccc3)nc3c(C)cccn23)cc1. The lowest BCUT2D eigenvalue weighted by atomic mass is 10.1. The molecule has 2 aromatic heterocycles. The number of carbonyl (C=O) groups is 1. The van der Waals surface area contributed by atoms with Crippen LogP contribution in [0.5, 0.6) is 5.75 Å². The second-order valence-corrected chi connectivity index (χ2v) is 6.64. The fourth-order valence-electron chi connectivity index (χ4n) is 3.16. The zero-order valence-electron chi connectivity index (χ0n) is 16.1. The maximum absolute atomic E-state index is 12.9. The summed E-state index contributed by atoms with van der Waals surface area (Å²) in [5, 5.41) is 3.04. The van der Waals surface area contributed by atoms with Gasteiger partial charge in [-0.25, -0.2) is 4.98 Å². The van der Waals surface area contributed by atoms with Crippen LogP contribution >= 0.6 is 0 Å². The van der Waals surface area contributed by atoms with Crippen LogP contribution < -0.4 is 10.1 Å². The van der Waals surface area contributed by atoms with E-state index in [0.717, 1.165) is 22.5 Å². The van der Waals surface area contributed by atoms with Crippen molar-refractivity contribution < 1.29 is 9.53 Å². The Morgan fingerprint density at radius 3 is 2.59 bits per heavy atom. The summed E-state index contributed by atoms with van der Waals surface area (Å²) in [6, 6.07) is 20.8. The molecule has 0 atom stereocenters. The number of rotatable bonds is 6. The van der Waals surface area contributed by atoms with Crippen LogP contribution in [0, 0.1) is 6.92 Å². The Labute approximate surface area is 169 Å². The highest BCUT2D eigenvalue weighted by Crippen LogP contribution is 2.30. The second-order valence-electron chi connectivity index (χ2n) is 6.64. The number of anilines is 1. The molecule has 1 N–H and O–H groups in total. The summed E-state index contributed by atoms with van der Waals surface area (Å²) in [7, 11) is 0. The number of hydrogen-bond donors (Lipinski definition) is 1. The predicted octanol–water partition coefficient (Wildman–Crippen LogP) is 5.13. The number of aryl methyl sites for hydroxylation is 1. The monoisotopic (exact) mass is 383 g/mol. The third-order valence-electron chi connectivity index (χ3n) is 4.61. The predicted molar refractivity (Wildman–Crippen MR) is 115 cm³/mol. The van der Waals surface area contributed by atoms with Crippen molar-refractivity contribution in [2.75, 3.05) is 11.9 Å². The van der Waals surface area contributed by atoms with Gasteiger partial charge in [0.1, 0.15) is 29.5 Å². The third kappa shape index (κ3) is 3.75. The van der Waals surface area contributed by atoms with Crippen molar-refractivity contribution in [2.24, 2.45) is 0 Å². The van der Waals surface area contributed by atoms with Crippen LogP contribution in [0.2, 0.25) is 0 Å². The highest BCUT2D eigenvalue weighted by molar-refractivity contribution is 6.05. The maximum atomic E-state index is 12.9. The molecule has 0 aliphatic heterocycles. The van der Waals surface area contributed by atoms with Crippen LogP contribution in [0.3, 0.4) is 0 Å². The number of fused-ring (bicyclic) bond motifs is 1. The van der Waals surface area contributed by atoms with Gasteiger partial charge >= 0.3 is 0 Å². The summed E-state index contributed by atoms with van der Waals surface area (Å²) < 4.78 is 7.39. The van der Waals surface area contributed by atoms with Crippen LogP contribution in [-0.2, 0) is 0 Å². The molecule has 0 bridgehead atoms. The number of hydrogen-bond acceptors (Lipinski definition) is 3. The van der Waals surface area contributed by atoms with Crippen LogP contribution in [0.25, 0.3) is 16.9 Å². The summed E-state index contributed by atoms with van der Waals surface area (Å²) >= 11 is 0. The molecule has 4 aromatic rings. The molecule has 29 heavy (non-hydrogen) atoms. The van der Waals surface area contributed by atoms with Crippen molar-refractivity contribution in [3.8, 4) is 17.0 Å². The molecule has 2 heterocycles. The first-order chi connectivity index (χ1) is 14.2. The van der Waals surface area contributed by atoms with Gasteiger partial charge in [-0.05, 0) is 42.8 Å². The van der Waals surface area contributed by atoms with E-state index in [2.05, 4.69) is 11.9 Å². The average molecular weight is 383 g/mol. The number of ether oxygens (including phenoxy) is 1. The molecule has 2 aromatic carbocycles. The molecule has 0 unspecified atom stereocenters. The molecule has 0 saturated carbocycles. The molecule has 0 spiro atoms. The molecule has 0 saturated heterocycles. The number of pyridine rings is 1. The number of aromatic nitrogens is 2. The molecule has 0 aliphatic rings. The minimum atomic E-state index is -0.208. The van der Waals surface area contributed by atoms with Gasteiger partial charge in [-0.15, -0.1) is 0 Å². The first kappa shape index (κ1) is 18.5. The molecule has 0 radical (unpaired) electrons. The van der Waals surface area contributed by atoms with Gasteiger partial charge < -0.3 is 10.1 Å². The first-order valence-corrected chi connectivity index (χ1v) is 9.35. The Hall–Kier alpha value is -3.86. The van der Waals surface area contributed by atoms with Gasteiger partial charge in [-0.2, -0.15) is 0 Å². The van der Waals surface area contributed by atoms with Gasteiger partial charge in [0.05, 0.1) is 0 Å². The zero-order chi connectivity index (χ0) is 20.2. The normalized spacial score (nSPS) is 10.7. The van der Waals surface area contributed by atoms with Crippen molar-refractivity contribution in [1.82, 2.24) is 9.38 Å². The number of benzene rings is 2. The number of nitrogens with one attached hydrogen (secondary N) is 1. The Kier molecular flexibility index (Phi) is 5.12. The van der Waals surface area contributed by atoms with Crippen molar-refractivity contribution in [3.63, 3.8) is 0 Å². The van der Waals surface area contributed by atoms with Crippen molar-refractivity contribution in [2.45, 2.75) is 6.92 Å². The molecular formula is C24H21N3O2. The van der Waals surface area contributed by atoms with Crippen molar-refractivity contribution in [1.29, 1.82) is 0 Å². The van der Waals surface area contributed by atoms with Gasteiger partial charge in [-0.1, -0.05) is 49.1 Å². The smallest absolute Gasteiger partial charge is 0.256 e. The van der Waals surface area contributed by atoms with E-state index in [4.69, 9.17) is 9.72 Å². The Bertz CT molecular complexity index is 1160. The Balaban J connectivity index is 1.70. The fourth-order valence-corrected chi connectivity index (χ4v) is 3.16. The van der Waals surface area contributed by atoms with Crippen molar-refractivity contribution >= 4 is 17.4 Å². The van der Waals surface area contributed by atoms with E-state index < -0.39 is 0 Å². The van der Waals surface area contributed by atoms with Crippen LogP contribution in [0.1, 0.15) is 15.9 Å². The van der Waals surface area contributed by atoms with E-state index in [0.29, 0.717) is 23.7 Å². The Morgan fingerprint density at radius 2 is 1.86 bits per heavy atom. The molecule has 5 heteroatoms. The van der Waals surface area contributed by atoms with Crippen LogP contribution in [0.15, 0.2) is 85.6 Å². The summed E-state index contributed by atoms with van der Waals surface area (Å²) in [5.41, 5.74) is 4.07. The largest absolute Gasteiger partial charge is 0.490 e. The minimum absolute atomic E-state index is 0.208. The van der Waals surface area contributed by atoms with E-state index in [9.17, 15) is 4.79 Å².